The Morgan fingerprint density at radius 3 is 2.26 bits per heavy atom. The summed E-state index contributed by atoms with van der Waals surface area (Å²) in [5.74, 6) is -0.174. The van der Waals surface area contributed by atoms with E-state index in [9.17, 15) is 4.79 Å². The van der Waals surface area contributed by atoms with E-state index in [1.54, 1.807) is 0 Å². The van der Waals surface area contributed by atoms with Crippen molar-refractivity contribution in [1.82, 2.24) is 10.2 Å². The average molecular weight is 270 g/mol. The van der Waals surface area contributed by atoms with Gasteiger partial charge in [-0.1, -0.05) is 20.8 Å². The van der Waals surface area contributed by atoms with Gasteiger partial charge in [0.25, 0.3) is 0 Å². The van der Waals surface area contributed by atoms with Gasteiger partial charge in [0, 0.05) is 18.6 Å². The number of ether oxygens (including phenoxy) is 1. The van der Waals surface area contributed by atoms with Crippen LogP contribution in [0.5, 0.6) is 0 Å². The van der Waals surface area contributed by atoms with Crippen molar-refractivity contribution in [2.75, 3.05) is 20.7 Å². The van der Waals surface area contributed by atoms with Gasteiger partial charge in [0.2, 0.25) is 0 Å². The zero-order valence-corrected chi connectivity index (χ0v) is 13.5. The van der Waals surface area contributed by atoms with E-state index in [0.29, 0.717) is 18.6 Å². The van der Waals surface area contributed by atoms with Crippen LogP contribution in [0.4, 0.5) is 0 Å². The first-order chi connectivity index (χ1) is 8.60. The molecule has 4 nitrogen and oxygen atoms in total. The third kappa shape index (κ3) is 4.46. The highest BCUT2D eigenvalue weighted by atomic mass is 16.5. The molecule has 0 bridgehead atoms. The van der Waals surface area contributed by atoms with E-state index in [2.05, 4.69) is 45.0 Å². The van der Waals surface area contributed by atoms with E-state index < -0.39 is 5.54 Å². The molecule has 112 valence electrons. The summed E-state index contributed by atoms with van der Waals surface area (Å²) in [6, 6.07) is 0.861. The van der Waals surface area contributed by atoms with Gasteiger partial charge in [-0.05, 0) is 39.2 Å². The highest BCUT2D eigenvalue weighted by molar-refractivity contribution is 5.80. The standard InChI is InChI=1S/C15H30N2O2/c1-11(14(2,3)4)17(6)10-15(5,13(18)19-7)16-12-8-9-12/h11-12,16H,8-10H2,1-7H3. The summed E-state index contributed by atoms with van der Waals surface area (Å²) in [6.45, 7) is 11.5. The zero-order valence-electron chi connectivity index (χ0n) is 13.5. The number of nitrogens with one attached hydrogen (secondary N) is 1. The molecule has 1 aliphatic carbocycles. The molecule has 1 rings (SSSR count). The average Bonchev–Trinajstić information content (AvgIpc) is 3.08. The molecule has 1 saturated carbocycles. The van der Waals surface area contributed by atoms with Crippen molar-refractivity contribution in [2.24, 2.45) is 5.41 Å². The van der Waals surface area contributed by atoms with E-state index in [0.717, 1.165) is 12.8 Å². The smallest absolute Gasteiger partial charge is 0.327 e. The Morgan fingerprint density at radius 1 is 1.37 bits per heavy atom. The number of methoxy groups -OCH3 is 1. The van der Waals surface area contributed by atoms with Crippen LogP contribution in [0.15, 0.2) is 0 Å². The van der Waals surface area contributed by atoms with E-state index >= 15 is 0 Å². The number of likely N-dealkylation sites (N-methyl/N-ethyl adjacent to an activating group) is 1. The van der Waals surface area contributed by atoms with E-state index in [1.165, 1.54) is 7.11 Å². The summed E-state index contributed by atoms with van der Waals surface area (Å²) in [5, 5.41) is 3.44. The summed E-state index contributed by atoms with van der Waals surface area (Å²) in [7, 11) is 3.54. The zero-order chi connectivity index (χ0) is 14.8. The van der Waals surface area contributed by atoms with Crippen molar-refractivity contribution in [3.05, 3.63) is 0 Å². The lowest BCUT2D eigenvalue weighted by Gasteiger charge is -2.40. The topological polar surface area (TPSA) is 41.6 Å². The predicted molar refractivity (Wildman–Crippen MR) is 78.1 cm³/mol. The summed E-state index contributed by atoms with van der Waals surface area (Å²) >= 11 is 0. The molecule has 0 spiro atoms. The molecule has 19 heavy (non-hydrogen) atoms. The first-order valence-corrected chi connectivity index (χ1v) is 7.16. The predicted octanol–water partition coefficient (Wildman–Crippen LogP) is 2.04. The Kier molecular flexibility index (Phi) is 5.02. The van der Waals surface area contributed by atoms with Gasteiger partial charge in [0.1, 0.15) is 5.54 Å². The first kappa shape index (κ1) is 16.4. The van der Waals surface area contributed by atoms with Crippen LogP contribution in [-0.4, -0.2) is 49.2 Å². The monoisotopic (exact) mass is 270 g/mol. The summed E-state index contributed by atoms with van der Waals surface area (Å²) in [6.07, 6.45) is 2.32. The molecule has 0 aromatic rings. The number of hydrogen-bond donors (Lipinski definition) is 1. The molecule has 0 aromatic heterocycles. The van der Waals surface area contributed by atoms with Crippen molar-refractivity contribution in [3.8, 4) is 0 Å². The SMILES string of the molecule is COC(=O)C(C)(CN(C)C(C)C(C)(C)C)NC1CC1. The Hall–Kier alpha value is -0.610. The minimum atomic E-state index is -0.621. The molecule has 1 aliphatic rings. The largest absolute Gasteiger partial charge is 0.468 e. The lowest BCUT2D eigenvalue weighted by molar-refractivity contribution is -0.149. The summed E-state index contributed by atoms with van der Waals surface area (Å²) in [5.41, 5.74) is -0.435. The third-order valence-corrected chi connectivity index (χ3v) is 4.22. The number of carbonyl (C=O) groups excluding carboxylic acids is 1. The second kappa shape index (κ2) is 5.80. The number of rotatable bonds is 6. The molecular weight excluding hydrogens is 240 g/mol. The minimum absolute atomic E-state index is 0.174. The van der Waals surface area contributed by atoms with Crippen molar-refractivity contribution in [2.45, 2.75) is 65.1 Å². The van der Waals surface area contributed by atoms with Gasteiger partial charge in [-0.2, -0.15) is 0 Å². The molecule has 2 unspecified atom stereocenters. The molecule has 2 atom stereocenters. The van der Waals surface area contributed by atoms with E-state index in [1.807, 2.05) is 6.92 Å². The van der Waals surface area contributed by atoms with Crippen LogP contribution in [0.25, 0.3) is 0 Å². The maximum absolute atomic E-state index is 12.1. The van der Waals surface area contributed by atoms with Gasteiger partial charge in [-0.3, -0.25) is 10.1 Å². The quantitative estimate of drug-likeness (QED) is 0.750. The second-order valence-corrected chi connectivity index (χ2v) is 7.20. The molecule has 0 heterocycles. The van der Waals surface area contributed by atoms with E-state index in [-0.39, 0.29) is 11.4 Å². The van der Waals surface area contributed by atoms with E-state index in [4.69, 9.17) is 4.74 Å². The Bertz CT molecular complexity index is 321. The van der Waals surface area contributed by atoms with Gasteiger partial charge >= 0.3 is 5.97 Å². The van der Waals surface area contributed by atoms with Crippen LogP contribution in [0.2, 0.25) is 0 Å². The first-order valence-electron chi connectivity index (χ1n) is 7.16. The van der Waals surface area contributed by atoms with Gasteiger partial charge in [-0.25, -0.2) is 0 Å². The Balaban J connectivity index is 2.73. The van der Waals surface area contributed by atoms with Gasteiger partial charge in [0.15, 0.2) is 0 Å². The fourth-order valence-corrected chi connectivity index (χ4v) is 2.37. The molecule has 1 N–H and O–H groups in total. The maximum atomic E-state index is 12.1. The minimum Gasteiger partial charge on any atom is -0.468 e. The molecule has 0 amide bonds. The fraction of sp³-hybridized carbons (Fsp3) is 0.933. The highest BCUT2D eigenvalue weighted by Crippen LogP contribution is 2.27. The number of nitrogens with zero attached hydrogens (tertiary/aromatic N) is 1. The number of carbonyl (C=O) groups is 1. The van der Waals surface area contributed by atoms with Crippen LogP contribution < -0.4 is 5.32 Å². The van der Waals surface area contributed by atoms with Crippen LogP contribution in [-0.2, 0) is 9.53 Å². The van der Waals surface area contributed by atoms with Gasteiger partial charge in [0.05, 0.1) is 7.11 Å². The Morgan fingerprint density at radius 2 is 1.89 bits per heavy atom. The highest BCUT2D eigenvalue weighted by Gasteiger charge is 2.41. The summed E-state index contributed by atoms with van der Waals surface area (Å²) in [4.78, 5) is 14.3. The molecule has 1 fully saturated rings. The molecule has 0 aromatic carbocycles. The number of hydrogen-bond acceptors (Lipinski definition) is 4. The molecule has 0 saturated heterocycles. The molecular formula is C15H30N2O2. The van der Waals surface area contributed by atoms with Gasteiger partial charge < -0.3 is 9.64 Å². The van der Waals surface area contributed by atoms with Crippen molar-refractivity contribution in [1.29, 1.82) is 0 Å². The number of esters is 1. The van der Waals surface area contributed by atoms with Crippen molar-refractivity contribution in [3.63, 3.8) is 0 Å². The van der Waals surface area contributed by atoms with Crippen LogP contribution in [0.3, 0.4) is 0 Å². The molecule has 4 heteroatoms. The lowest BCUT2D eigenvalue weighted by Crippen LogP contribution is -2.59. The lowest BCUT2D eigenvalue weighted by atomic mass is 9.86. The van der Waals surface area contributed by atoms with Crippen molar-refractivity contribution >= 4 is 5.97 Å². The fourth-order valence-electron chi connectivity index (χ4n) is 2.37. The van der Waals surface area contributed by atoms with Crippen LogP contribution >= 0.6 is 0 Å². The Labute approximate surface area is 117 Å². The van der Waals surface area contributed by atoms with Gasteiger partial charge in [-0.15, -0.1) is 0 Å². The van der Waals surface area contributed by atoms with Crippen LogP contribution in [0.1, 0.15) is 47.5 Å². The van der Waals surface area contributed by atoms with Crippen molar-refractivity contribution < 1.29 is 9.53 Å². The molecule has 0 aliphatic heterocycles. The van der Waals surface area contributed by atoms with Crippen LogP contribution in [0, 0.1) is 5.41 Å². The second-order valence-electron chi connectivity index (χ2n) is 7.20. The normalized spacial score (nSPS) is 21.1. The molecule has 0 radical (unpaired) electrons. The maximum Gasteiger partial charge on any atom is 0.327 e. The summed E-state index contributed by atoms with van der Waals surface area (Å²) < 4.78 is 4.98. The third-order valence-electron chi connectivity index (χ3n) is 4.22.